The van der Waals surface area contributed by atoms with Crippen molar-refractivity contribution in [1.82, 2.24) is 19.7 Å². The molecule has 8 heteroatoms. The summed E-state index contributed by atoms with van der Waals surface area (Å²) in [5, 5.41) is 15.3. The SMILES string of the molecule is CN1CCC(O)(Cc2ccnc(-n3nc(C(N)=O)c4c3CCC(C)(C)C4)c2)C1=O. The molecule has 2 aromatic heterocycles. The molecule has 29 heavy (non-hydrogen) atoms. The van der Waals surface area contributed by atoms with Gasteiger partial charge in [-0.15, -0.1) is 0 Å². The van der Waals surface area contributed by atoms with Gasteiger partial charge in [-0.25, -0.2) is 9.67 Å². The molecule has 3 N–H and O–H groups in total. The van der Waals surface area contributed by atoms with Gasteiger partial charge in [0.1, 0.15) is 5.60 Å². The van der Waals surface area contributed by atoms with Gasteiger partial charge in [0.15, 0.2) is 11.5 Å². The molecule has 0 bridgehead atoms. The predicted octanol–water partition coefficient (Wildman–Crippen LogP) is 1.02. The van der Waals surface area contributed by atoms with Crippen LogP contribution >= 0.6 is 0 Å². The van der Waals surface area contributed by atoms with E-state index < -0.39 is 11.5 Å². The summed E-state index contributed by atoms with van der Waals surface area (Å²) < 4.78 is 1.70. The highest BCUT2D eigenvalue weighted by Gasteiger charge is 2.43. The normalized spacial score (nSPS) is 23.3. The molecule has 3 heterocycles. The Hall–Kier alpha value is -2.74. The van der Waals surface area contributed by atoms with Crippen molar-refractivity contribution in [3.63, 3.8) is 0 Å². The highest BCUT2D eigenvalue weighted by atomic mass is 16.3. The second kappa shape index (κ2) is 6.66. The molecule has 1 saturated heterocycles. The van der Waals surface area contributed by atoms with Crippen molar-refractivity contribution in [2.45, 2.75) is 51.6 Å². The van der Waals surface area contributed by atoms with Crippen LogP contribution in [0.15, 0.2) is 18.3 Å². The van der Waals surface area contributed by atoms with Crippen molar-refractivity contribution in [2.75, 3.05) is 13.6 Å². The largest absolute Gasteiger partial charge is 0.380 e. The van der Waals surface area contributed by atoms with E-state index in [9.17, 15) is 14.7 Å². The number of fused-ring (bicyclic) bond motifs is 1. The molecule has 8 nitrogen and oxygen atoms in total. The number of pyridine rings is 1. The number of nitrogens with zero attached hydrogens (tertiary/aromatic N) is 4. The lowest BCUT2D eigenvalue weighted by Crippen LogP contribution is -2.40. The Bertz CT molecular complexity index is 996. The smallest absolute Gasteiger partial charge is 0.269 e. The molecule has 154 valence electrons. The van der Waals surface area contributed by atoms with Crippen LogP contribution in [-0.4, -0.2) is 55.8 Å². The number of primary amides is 1. The van der Waals surface area contributed by atoms with Crippen LogP contribution in [0, 0.1) is 5.41 Å². The minimum atomic E-state index is -1.39. The first-order valence-corrected chi connectivity index (χ1v) is 9.93. The van der Waals surface area contributed by atoms with Crippen LogP contribution in [0.2, 0.25) is 0 Å². The third-order valence-electron chi connectivity index (χ3n) is 6.15. The second-order valence-corrected chi connectivity index (χ2v) is 9.10. The van der Waals surface area contributed by atoms with Crippen LogP contribution in [0.5, 0.6) is 0 Å². The van der Waals surface area contributed by atoms with Gasteiger partial charge in [-0.05, 0) is 42.4 Å². The average Bonchev–Trinajstić information content (AvgIpc) is 3.14. The van der Waals surface area contributed by atoms with E-state index in [-0.39, 0.29) is 17.7 Å². The Morgan fingerprint density at radius 2 is 2.10 bits per heavy atom. The fraction of sp³-hybridized carbons (Fsp3) is 0.524. The molecule has 1 fully saturated rings. The van der Waals surface area contributed by atoms with Crippen LogP contribution in [-0.2, 0) is 24.1 Å². The molecule has 4 rings (SSSR count). The zero-order chi connectivity index (χ0) is 21.0. The van der Waals surface area contributed by atoms with Gasteiger partial charge in [0.25, 0.3) is 11.8 Å². The van der Waals surface area contributed by atoms with E-state index in [2.05, 4.69) is 23.9 Å². The summed E-state index contributed by atoms with van der Waals surface area (Å²) in [7, 11) is 1.70. The zero-order valence-corrected chi connectivity index (χ0v) is 17.1. The fourth-order valence-corrected chi connectivity index (χ4v) is 4.44. The van der Waals surface area contributed by atoms with Gasteiger partial charge in [-0.3, -0.25) is 9.59 Å². The number of likely N-dealkylation sites (N-methyl/N-ethyl adjacent to an activating group) is 1. The summed E-state index contributed by atoms with van der Waals surface area (Å²) in [5.41, 5.74) is 7.23. The fourth-order valence-electron chi connectivity index (χ4n) is 4.44. The summed E-state index contributed by atoms with van der Waals surface area (Å²) in [5.74, 6) is -0.235. The monoisotopic (exact) mass is 397 g/mol. The van der Waals surface area contributed by atoms with Gasteiger partial charge in [0.2, 0.25) is 0 Å². The molecule has 1 unspecified atom stereocenters. The summed E-state index contributed by atoms with van der Waals surface area (Å²) in [6, 6.07) is 3.61. The van der Waals surface area contributed by atoms with Gasteiger partial charge >= 0.3 is 0 Å². The number of nitrogens with two attached hydrogens (primary N) is 1. The van der Waals surface area contributed by atoms with Crippen LogP contribution in [0.3, 0.4) is 0 Å². The number of carbonyl (C=O) groups is 2. The molecule has 2 aromatic rings. The predicted molar refractivity (Wildman–Crippen MR) is 107 cm³/mol. The van der Waals surface area contributed by atoms with E-state index >= 15 is 0 Å². The molecule has 1 aliphatic carbocycles. The number of likely N-dealkylation sites (tertiary alicyclic amines) is 1. The van der Waals surface area contributed by atoms with Gasteiger partial charge in [0, 0.05) is 38.2 Å². The highest BCUT2D eigenvalue weighted by molar-refractivity contribution is 5.92. The first-order chi connectivity index (χ1) is 13.6. The van der Waals surface area contributed by atoms with Crippen molar-refractivity contribution in [3.8, 4) is 5.82 Å². The number of aromatic nitrogens is 3. The maximum atomic E-state index is 12.3. The molecule has 2 amide bonds. The summed E-state index contributed by atoms with van der Waals surface area (Å²) in [4.78, 5) is 30.3. The molecule has 0 aromatic carbocycles. The quantitative estimate of drug-likeness (QED) is 0.799. The van der Waals surface area contributed by atoms with Gasteiger partial charge in [-0.1, -0.05) is 13.8 Å². The maximum absolute atomic E-state index is 12.3. The van der Waals surface area contributed by atoms with Crippen molar-refractivity contribution < 1.29 is 14.7 Å². The Labute approximate surface area is 169 Å². The standard InChI is InChI=1S/C21H27N5O3/c1-20(2)6-4-15-14(12-20)17(18(22)27)24-26(15)16-10-13(5-8-23-16)11-21(29)7-9-25(3)19(21)28/h5,8,10,29H,4,6-7,9,11-12H2,1-3H3,(H2,22,27). The van der Waals surface area contributed by atoms with Crippen molar-refractivity contribution >= 4 is 11.8 Å². The summed E-state index contributed by atoms with van der Waals surface area (Å²) in [6.07, 6.45) is 4.75. The lowest BCUT2D eigenvalue weighted by atomic mass is 9.76. The first kappa shape index (κ1) is 19.6. The van der Waals surface area contributed by atoms with Gasteiger partial charge in [-0.2, -0.15) is 5.10 Å². The van der Waals surface area contributed by atoms with Crippen LogP contribution in [0.25, 0.3) is 5.82 Å². The van der Waals surface area contributed by atoms with E-state index in [1.807, 2.05) is 6.07 Å². The maximum Gasteiger partial charge on any atom is 0.269 e. The van der Waals surface area contributed by atoms with E-state index in [0.29, 0.717) is 24.5 Å². The number of hydrogen-bond acceptors (Lipinski definition) is 5. The van der Waals surface area contributed by atoms with Crippen molar-refractivity contribution in [1.29, 1.82) is 0 Å². The molecule has 0 spiro atoms. The van der Waals surface area contributed by atoms with Crippen molar-refractivity contribution in [3.05, 3.63) is 40.8 Å². The topological polar surface area (TPSA) is 114 Å². The minimum Gasteiger partial charge on any atom is -0.380 e. The first-order valence-electron chi connectivity index (χ1n) is 9.93. The molecule has 1 atom stereocenters. The Morgan fingerprint density at radius 1 is 1.34 bits per heavy atom. The minimum absolute atomic E-state index is 0.0818. The Balaban J connectivity index is 1.71. The molecule has 0 saturated carbocycles. The van der Waals surface area contributed by atoms with E-state index in [0.717, 1.165) is 36.1 Å². The van der Waals surface area contributed by atoms with Crippen LogP contribution in [0.4, 0.5) is 0 Å². The number of rotatable bonds is 4. The number of amides is 2. The Kier molecular flexibility index (Phi) is 4.49. The Morgan fingerprint density at radius 3 is 2.76 bits per heavy atom. The average molecular weight is 397 g/mol. The second-order valence-electron chi connectivity index (χ2n) is 9.10. The highest BCUT2D eigenvalue weighted by Crippen LogP contribution is 2.37. The molecular weight excluding hydrogens is 370 g/mol. The lowest BCUT2D eigenvalue weighted by molar-refractivity contribution is -0.142. The lowest BCUT2D eigenvalue weighted by Gasteiger charge is -2.29. The number of hydrogen-bond donors (Lipinski definition) is 2. The third-order valence-corrected chi connectivity index (χ3v) is 6.15. The van der Waals surface area contributed by atoms with Crippen molar-refractivity contribution in [2.24, 2.45) is 11.1 Å². The zero-order valence-electron chi connectivity index (χ0n) is 17.1. The molecule has 1 aliphatic heterocycles. The van der Waals surface area contributed by atoms with Gasteiger partial charge < -0.3 is 15.7 Å². The summed E-state index contributed by atoms with van der Waals surface area (Å²) >= 11 is 0. The third kappa shape index (κ3) is 3.42. The van der Waals surface area contributed by atoms with Crippen LogP contribution in [0.1, 0.15) is 54.0 Å². The van der Waals surface area contributed by atoms with E-state index in [1.54, 1.807) is 28.9 Å². The molecular formula is C21H27N5O3. The van der Waals surface area contributed by atoms with Gasteiger partial charge in [0.05, 0.1) is 5.69 Å². The summed E-state index contributed by atoms with van der Waals surface area (Å²) in [6.45, 7) is 4.89. The van der Waals surface area contributed by atoms with E-state index in [1.165, 1.54) is 0 Å². The van der Waals surface area contributed by atoms with Crippen LogP contribution < -0.4 is 5.73 Å². The number of aliphatic hydroxyl groups is 1. The number of carbonyl (C=O) groups excluding carboxylic acids is 2. The molecule has 2 aliphatic rings. The molecule has 0 radical (unpaired) electrons. The van der Waals surface area contributed by atoms with E-state index in [4.69, 9.17) is 5.73 Å².